The van der Waals surface area contributed by atoms with Gasteiger partial charge in [-0.15, -0.1) is 0 Å². The number of anilines is 1. The molecule has 1 aromatic heterocycles. The number of allylic oxidation sites excluding steroid dienone is 2. The molecule has 3 aromatic rings. The van der Waals surface area contributed by atoms with Crippen molar-refractivity contribution in [2.75, 3.05) is 11.5 Å². The van der Waals surface area contributed by atoms with Crippen molar-refractivity contribution >= 4 is 35.2 Å². The predicted molar refractivity (Wildman–Crippen MR) is 131 cm³/mol. The molecule has 9 heteroatoms. The van der Waals surface area contributed by atoms with Crippen molar-refractivity contribution in [1.29, 1.82) is 0 Å². The third-order valence-corrected chi connectivity index (χ3v) is 7.28. The van der Waals surface area contributed by atoms with E-state index in [1.54, 1.807) is 6.07 Å². The van der Waals surface area contributed by atoms with E-state index in [9.17, 15) is 24.0 Å². The van der Waals surface area contributed by atoms with Gasteiger partial charge < -0.3 is 13.9 Å². The fourth-order valence-electron chi connectivity index (χ4n) is 5.46. The minimum absolute atomic E-state index is 0.0514. The van der Waals surface area contributed by atoms with Gasteiger partial charge in [-0.25, -0.2) is 9.59 Å². The number of furan rings is 1. The molecule has 0 radical (unpaired) electrons. The second-order valence-corrected chi connectivity index (χ2v) is 9.45. The summed E-state index contributed by atoms with van der Waals surface area (Å²) in [6, 6.07) is 14.8. The number of nitrogens with zero attached hydrogens (tertiary/aromatic N) is 1. The first-order valence-electron chi connectivity index (χ1n) is 12.1. The Morgan fingerprint density at radius 1 is 0.816 bits per heavy atom. The molecule has 3 aliphatic rings. The van der Waals surface area contributed by atoms with Crippen molar-refractivity contribution < 1.29 is 37.9 Å². The van der Waals surface area contributed by atoms with Crippen LogP contribution in [0.3, 0.4) is 0 Å². The molecule has 6 rings (SSSR count). The fraction of sp³-hybridized carbons (Fsp3) is 0.207. The minimum Gasteiger partial charge on any atom is -0.457 e. The van der Waals surface area contributed by atoms with Gasteiger partial charge in [-0.1, -0.05) is 12.2 Å². The first-order chi connectivity index (χ1) is 18.4. The summed E-state index contributed by atoms with van der Waals surface area (Å²) in [6.07, 6.45) is 6.28. The molecule has 2 heterocycles. The number of hydrogen-bond acceptors (Lipinski definition) is 8. The Morgan fingerprint density at radius 3 is 2.05 bits per heavy atom. The van der Waals surface area contributed by atoms with Crippen LogP contribution >= 0.6 is 0 Å². The molecule has 0 unspecified atom stereocenters. The lowest BCUT2D eigenvalue weighted by Gasteiger charge is -2.17. The Balaban J connectivity index is 1.04. The van der Waals surface area contributed by atoms with E-state index in [1.165, 1.54) is 65.8 Å². The number of ether oxygens (including phenoxy) is 2. The highest BCUT2D eigenvalue weighted by molar-refractivity contribution is 6.22. The molecule has 4 atom stereocenters. The van der Waals surface area contributed by atoms with E-state index in [0.717, 1.165) is 6.42 Å². The maximum atomic E-state index is 13.0. The summed E-state index contributed by atoms with van der Waals surface area (Å²) >= 11 is 0. The van der Waals surface area contributed by atoms with Crippen molar-refractivity contribution in [3.8, 4) is 5.75 Å². The van der Waals surface area contributed by atoms with E-state index in [-0.39, 0.29) is 58.1 Å². The number of ketones is 1. The lowest BCUT2D eigenvalue weighted by atomic mass is 9.85. The van der Waals surface area contributed by atoms with E-state index in [0.29, 0.717) is 5.69 Å². The van der Waals surface area contributed by atoms with Crippen LogP contribution in [0.1, 0.15) is 37.7 Å². The zero-order valence-electron chi connectivity index (χ0n) is 19.9. The number of imide groups is 1. The summed E-state index contributed by atoms with van der Waals surface area (Å²) in [6.45, 7) is -0.492. The molecular weight excluding hydrogens is 490 g/mol. The summed E-state index contributed by atoms with van der Waals surface area (Å²) in [5.41, 5.74) is 0.864. The summed E-state index contributed by atoms with van der Waals surface area (Å²) in [7, 11) is 0. The molecule has 190 valence electrons. The number of amides is 2. The number of Topliss-reactive ketones (excluding diaryl/α,β-unsaturated/α-hetero) is 1. The monoisotopic (exact) mass is 511 g/mol. The predicted octanol–water partition coefficient (Wildman–Crippen LogP) is 3.85. The van der Waals surface area contributed by atoms with Crippen LogP contribution in [0.25, 0.3) is 0 Å². The Hall–Kier alpha value is -4.79. The molecule has 2 aromatic carbocycles. The van der Waals surface area contributed by atoms with Crippen molar-refractivity contribution in [1.82, 2.24) is 0 Å². The molecule has 1 aliphatic heterocycles. The molecule has 0 N–H and O–H groups in total. The van der Waals surface area contributed by atoms with E-state index in [2.05, 4.69) is 0 Å². The Morgan fingerprint density at radius 2 is 1.45 bits per heavy atom. The second kappa shape index (κ2) is 9.26. The Bertz CT molecular complexity index is 1440. The van der Waals surface area contributed by atoms with Gasteiger partial charge in [0.1, 0.15) is 5.75 Å². The third kappa shape index (κ3) is 4.02. The molecule has 2 fully saturated rings. The Labute approximate surface area is 216 Å². The number of hydrogen-bond donors (Lipinski definition) is 0. The van der Waals surface area contributed by atoms with Crippen LogP contribution < -0.4 is 9.64 Å². The van der Waals surface area contributed by atoms with Gasteiger partial charge in [-0.3, -0.25) is 19.3 Å². The number of carbonyl (C=O) groups excluding carboxylic acids is 5. The molecule has 1 saturated carbocycles. The number of fused-ring (bicyclic) bond motifs is 5. The van der Waals surface area contributed by atoms with Gasteiger partial charge in [-0.05, 0) is 78.9 Å². The first kappa shape index (κ1) is 23.6. The van der Waals surface area contributed by atoms with E-state index >= 15 is 0 Å². The normalized spacial score (nSPS) is 23.0. The van der Waals surface area contributed by atoms with Gasteiger partial charge in [0, 0.05) is 5.56 Å². The fourth-order valence-corrected chi connectivity index (χ4v) is 5.46. The average Bonchev–Trinajstić information content (AvgIpc) is 3.73. The molecule has 1 saturated heterocycles. The number of benzene rings is 2. The molecule has 9 nitrogen and oxygen atoms in total. The van der Waals surface area contributed by atoms with E-state index < -0.39 is 24.3 Å². The van der Waals surface area contributed by atoms with Gasteiger partial charge in [0.05, 0.1) is 29.3 Å². The van der Waals surface area contributed by atoms with Gasteiger partial charge in [0.2, 0.25) is 17.6 Å². The van der Waals surface area contributed by atoms with Crippen LogP contribution in [-0.2, 0) is 14.3 Å². The SMILES string of the molecule is O=C(COC(=O)c1ccc(N2C(=O)[C@@H]3[C@H](C2=O)[C@H]2C=C[C@H]3C2)cc1)c1ccc(OC(=O)c2ccco2)cc1. The summed E-state index contributed by atoms with van der Waals surface area (Å²) in [4.78, 5) is 64.0. The number of esters is 2. The van der Waals surface area contributed by atoms with Gasteiger partial charge in [0.25, 0.3) is 0 Å². The third-order valence-electron chi connectivity index (χ3n) is 7.28. The number of carbonyl (C=O) groups is 5. The van der Waals surface area contributed by atoms with Crippen LogP contribution in [0.15, 0.2) is 83.5 Å². The maximum Gasteiger partial charge on any atom is 0.379 e. The summed E-state index contributed by atoms with van der Waals surface area (Å²) in [5, 5.41) is 0. The molecule has 0 spiro atoms. The van der Waals surface area contributed by atoms with Crippen LogP contribution in [0, 0.1) is 23.7 Å². The molecule has 2 bridgehead atoms. The van der Waals surface area contributed by atoms with Crippen molar-refractivity contribution in [3.05, 3.63) is 96.0 Å². The maximum absolute atomic E-state index is 13.0. The van der Waals surface area contributed by atoms with Crippen LogP contribution in [-0.4, -0.2) is 36.1 Å². The quantitative estimate of drug-likeness (QED) is 0.154. The lowest BCUT2D eigenvalue weighted by molar-refractivity contribution is -0.123. The van der Waals surface area contributed by atoms with Crippen molar-refractivity contribution in [2.24, 2.45) is 23.7 Å². The molecule has 38 heavy (non-hydrogen) atoms. The smallest absolute Gasteiger partial charge is 0.379 e. The van der Waals surface area contributed by atoms with Crippen LogP contribution in [0.5, 0.6) is 5.75 Å². The van der Waals surface area contributed by atoms with Crippen molar-refractivity contribution in [3.63, 3.8) is 0 Å². The summed E-state index contributed by atoms with van der Waals surface area (Å²) < 4.78 is 15.3. The molecule has 2 aliphatic carbocycles. The zero-order chi connectivity index (χ0) is 26.4. The van der Waals surface area contributed by atoms with Gasteiger partial charge in [0.15, 0.2) is 12.4 Å². The standard InChI is InChI=1S/C29H21NO8/c31-22(16-7-11-21(12-8-16)38-29(35)23-2-1-13-36-23)15-37-28(34)17-5-9-20(10-6-17)30-26(32)24-18-3-4-19(14-18)25(24)27(30)33/h1-13,18-19,24-25H,14-15H2/t18-,19-,24-,25+/m0/s1. The first-order valence-corrected chi connectivity index (χ1v) is 12.1. The second-order valence-electron chi connectivity index (χ2n) is 9.45. The van der Waals surface area contributed by atoms with Crippen LogP contribution in [0.2, 0.25) is 0 Å². The minimum atomic E-state index is -0.716. The highest BCUT2D eigenvalue weighted by atomic mass is 16.5. The Kier molecular flexibility index (Phi) is 5.75. The average molecular weight is 511 g/mol. The van der Waals surface area contributed by atoms with Crippen molar-refractivity contribution in [2.45, 2.75) is 6.42 Å². The summed E-state index contributed by atoms with van der Waals surface area (Å²) in [5.74, 6) is -2.31. The van der Waals surface area contributed by atoms with E-state index in [1.807, 2.05) is 12.2 Å². The highest BCUT2D eigenvalue weighted by Crippen LogP contribution is 2.53. The van der Waals surface area contributed by atoms with Gasteiger partial charge in [-0.2, -0.15) is 0 Å². The van der Waals surface area contributed by atoms with Gasteiger partial charge >= 0.3 is 11.9 Å². The van der Waals surface area contributed by atoms with Crippen LogP contribution in [0.4, 0.5) is 5.69 Å². The molecule has 2 amide bonds. The molecular formula is C29H21NO8. The zero-order valence-corrected chi connectivity index (χ0v) is 19.9. The largest absolute Gasteiger partial charge is 0.457 e. The topological polar surface area (TPSA) is 120 Å². The highest BCUT2D eigenvalue weighted by Gasteiger charge is 2.59. The van der Waals surface area contributed by atoms with E-state index in [4.69, 9.17) is 13.9 Å². The number of rotatable bonds is 7. The lowest BCUT2D eigenvalue weighted by Crippen LogP contribution is -2.32.